The number of aromatic amines is 1. The molecule has 0 amide bonds. The molecule has 0 spiro atoms. The van der Waals surface area contributed by atoms with Crippen molar-refractivity contribution in [2.45, 2.75) is 19.5 Å². The molecule has 0 bridgehead atoms. The number of aryl methyl sites for hydroxylation is 1. The Balaban J connectivity index is 1.64. The number of nitroso groups, excluding NO2 is 1. The highest BCUT2D eigenvalue weighted by atomic mass is 16.5. The highest BCUT2D eigenvalue weighted by molar-refractivity contribution is 5.42. The molecule has 0 saturated heterocycles. The minimum Gasteiger partial charge on any atom is -0.458 e. The minimum absolute atomic E-state index is 0.00352. The smallest absolute Gasteiger partial charge is 0.351 e. The maximum absolute atomic E-state index is 12.5. The van der Waals surface area contributed by atoms with Gasteiger partial charge in [-0.05, 0) is 48.9 Å². The summed E-state index contributed by atoms with van der Waals surface area (Å²) in [6, 6.07) is 14.2. The van der Waals surface area contributed by atoms with E-state index in [9.17, 15) is 14.5 Å². The lowest BCUT2D eigenvalue weighted by atomic mass is 10.1. The minimum atomic E-state index is -0.770. The molecule has 3 aromatic rings. The van der Waals surface area contributed by atoms with Gasteiger partial charge in [0, 0.05) is 6.20 Å². The van der Waals surface area contributed by atoms with Crippen molar-refractivity contribution in [2.75, 3.05) is 12.4 Å². The van der Waals surface area contributed by atoms with E-state index in [2.05, 4.69) is 20.5 Å². The fourth-order valence-corrected chi connectivity index (χ4v) is 3.31. The normalized spacial score (nSPS) is 15.5. The van der Waals surface area contributed by atoms with Crippen molar-refractivity contribution in [1.29, 1.82) is 0 Å². The van der Waals surface area contributed by atoms with Crippen molar-refractivity contribution in [2.24, 2.45) is 10.2 Å². The van der Waals surface area contributed by atoms with Crippen LogP contribution in [0.25, 0.3) is 0 Å². The van der Waals surface area contributed by atoms with Crippen LogP contribution in [0.4, 0.5) is 5.69 Å². The Morgan fingerprint density at radius 1 is 1.06 bits per heavy atom. The number of ether oxygens (including phenoxy) is 1. The Labute approximate surface area is 193 Å². The van der Waals surface area contributed by atoms with Gasteiger partial charge in [0.15, 0.2) is 0 Å². The summed E-state index contributed by atoms with van der Waals surface area (Å²) in [6.45, 7) is 2.24. The first-order chi connectivity index (χ1) is 16.4. The summed E-state index contributed by atoms with van der Waals surface area (Å²) in [5.74, 6) is 7.02. The van der Waals surface area contributed by atoms with Crippen LogP contribution in [-0.4, -0.2) is 26.8 Å². The molecule has 0 radical (unpaired) electrons. The summed E-state index contributed by atoms with van der Waals surface area (Å²) < 4.78 is 7.91. The number of rotatable bonds is 7. The molecule has 4 rings (SSSR count). The van der Waals surface area contributed by atoms with Crippen molar-refractivity contribution in [3.63, 3.8) is 0 Å². The van der Waals surface area contributed by atoms with Crippen LogP contribution in [0.15, 0.2) is 92.4 Å². The first kappa shape index (κ1) is 22.5. The zero-order valence-corrected chi connectivity index (χ0v) is 18.3. The van der Waals surface area contributed by atoms with E-state index in [0.717, 1.165) is 15.8 Å². The van der Waals surface area contributed by atoms with Gasteiger partial charge < -0.3 is 15.9 Å². The molecule has 1 aliphatic heterocycles. The zero-order valence-electron chi connectivity index (χ0n) is 18.3. The van der Waals surface area contributed by atoms with E-state index < -0.39 is 11.4 Å². The number of hydrogen-bond donors (Lipinski definition) is 3. The molecule has 1 aliphatic rings. The fourth-order valence-electron chi connectivity index (χ4n) is 3.31. The maximum atomic E-state index is 12.5. The SMILES string of the molecule is Cc1ccc(Cn2c(=O)[nH]c(=O)n(N)c2=Nc2ccc(OC3=CC(CN=O)NC=C3)cc2)cc1. The van der Waals surface area contributed by atoms with Crippen molar-refractivity contribution < 1.29 is 4.74 Å². The van der Waals surface area contributed by atoms with Crippen LogP contribution >= 0.6 is 0 Å². The van der Waals surface area contributed by atoms with E-state index >= 15 is 0 Å². The quantitative estimate of drug-likeness (QED) is 0.355. The van der Waals surface area contributed by atoms with Gasteiger partial charge in [-0.25, -0.2) is 14.6 Å². The molecule has 2 aromatic carbocycles. The topological polar surface area (TPSA) is 149 Å². The lowest BCUT2D eigenvalue weighted by Gasteiger charge is -2.16. The first-order valence-corrected chi connectivity index (χ1v) is 10.5. The summed E-state index contributed by atoms with van der Waals surface area (Å²) in [4.78, 5) is 41.8. The third kappa shape index (κ3) is 5.21. The fraction of sp³-hybridized carbons (Fsp3) is 0.174. The van der Waals surface area contributed by atoms with Gasteiger partial charge in [0.25, 0.3) is 0 Å². The largest absolute Gasteiger partial charge is 0.458 e. The molecular weight excluding hydrogens is 438 g/mol. The second kappa shape index (κ2) is 9.86. The Morgan fingerprint density at radius 2 is 1.79 bits per heavy atom. The van der Waals surface area contributed by atoms with Crippen LogP contribution in [0.3, 0.4) is 0 Å². The number of benzene rings is 2. The molecule has 11 nitrogen and oxygen atoms in total. The number of nitrogens with zero attached hydrogens (tertiary/aromatic N) is 4. The molecule has 11 heteroatoms. The molecule has 1 atom stereocenters. The van der Waals surface area contributed by atoms with Gasteiger partial charge in [0.1, 0.15) is 18.1 Å². The van der Waals surface area contributed by atoms with E-state index in [1.165, 1.54) is 4.57 Å². The molecule has 0 aliphatic carbocycles. The van der Waals surface area contributed by atoms with E-state index in [4.69, 9.17) is 10.6 Å². The molecule has 1 unspecified atom stereocenters. The molecule has 0 saturated carbocycles. The average molecular weight is 461 g/mol. The van der Waals surface area contributed by atoms with Crippen LogP contribution in [-0.2, 0) is 6.54 Å². The standard InChI is InChI=1S/C23H23N7O4/c1-15-2-4-16(5-3-15)14-29-21(30(24)23(32)28-22(29)31)27-17-6-8-19(9-7-17)34-20-10-11-25-18(12-20)13-26-33/h2-12,18,25H,13-14,24H2,1H3,(H,28,31,32). The number of nitrogens with one attached hydrogen (secondary N) is 2. The van der Waals surface area contributed by atoms with Gasteiger partial charge in [-0.1, -0.05) is 35.0 Å². The van der Waals surface area contributed by atoms with Crippen molar-refractivity contribution in [1.82, 2.24) is 19.5 Å². The lowest BCUT2D eigenvalue weighted by molar-refractivity contribution is 0.433. The van der Waals surface area contributed by atoms with E-state index in [1.54, 1.807) is 42.6 Å². The Morgan fingerprint density at radius 3 is 2.50 bits per heavy atom. The van der Waals surface area contributed by atoms with Gasteiger partial charge >= 0.3 is 11.4 Å². The maximum Gasteiger partial charge on any atom is 0.351 e. The van der Waals surface area contributed by atoms with Gasteiger partial charge in [-0.15, -0.1) is 0 Å². The molecule has 1 aromatic heterocycles. The Kier molecular flexibility index (Phi) is 6.53. The van der Waals surface area contributed by atoms with Crippen molar-refractivity contribution >= 4 is 5.69 Å². The number of hydrogen-bond acceptors (Lipinski definition) is 8. The first-order valence-electron chi connectivity index (χ1n) is 10.5. The lowest BCUT2D eigenvalue weighted by Crippen LogP contribution is -2.53. The van der Waals surface area contributed by atoms with Gasteiger partial charge in [-0.3, -0.25) is 9.55 Å². The summed E-state index contributed by atoms with van der Waals surface area (Å²) in [5.41, 5.74) is 1.02. The molecule has 4 N–H and O–H groups in total. The average Bonchev–Trinajstić information content (AvgIpc) is 2.82. The molecule has 34 heavy (non-hydrogen) atoms. The number of allylic oxidation sites excluding steroid dienone is 1. The number of nitrogen functional groups attached to an aromatic ring is 1. The summed E-state index contributed by atoms with van der Waals surface area (Å²) >= 11 is 0. The second-order valence-electron chi connectivity index (χ2n) is 7.67. The van der Waals surface area contributed by atoms with E-state index in [1.807, 2.05) is 31.2 Å². The highest BCUT2D eigenvalue weighted by Crippen LogP contribution is 2.20. The monoisotopic (exact) mass is 461 g/mol. The second-order valence-corrected chi connectivity index (χ2v) is 7.67. The zero-order chi connectivity index (χ0) is 24.1. The predicted octanol–water partition coefficient (Wildman–Crippen LogP) is 1.16. The number of aromatic nitrogens is 3. The van der Waals surface area contributed by atoms with Crippen molar-refractivity contribution in [3.8, 4) is 5.75 Å². The van der Waals surface area contributed by atoms with Crippen LogP contribution < -0.4 is 32.9 Å². The molecule has 2 heterocycles. The number of H-pyrrole nitrogens is 1. The molecular formula is C23H23N7O4. The van der Waals surface area contributed by atoms with Crippen LogP contribution in [0.2, 0.25) is 0 Å². The van der Waals surface area contributed by atoms with Crippen LogP contribution in [0.5, 0.6) is 5.75 Å². The van der Waals surface area contributed by atoms with Crippen LogP contribution in [0.1, 0.15) is 11.1 Å². The molecule has 174 valence electrons. The summed E-state index contributed by atoms with van der Waals surface area (Å²) in [5, 5.41) is 5.89. The Hall–Kier alpha value is -4.67. The van der Waals surface area contributed by atoms with E-state index in [0.29, 0.717) is 17.2 Å². The van der Waals surface area contributed by atoms with Gasteiger partial charge in [-0.2, -0.15) is 9.58 Å². The van der Waals surface area contributed by atoms with Crippen LogP contribution in [0, 0.1) is 11.8 Å². The number of nitrogens with two attached hydrogens (primary N) is 1. The summed E-state index contributed by atoms with van der Waals surface area (Å²) in [7, 11) is 0. The van der Waals surface area contributed by atoms with Gasteiger partial charge in [0.05, 0.1) is 18.3 Å². The third-order valence-corrected chi connectivity index (χ3v) is 5.09. The predicted molar refractivity (Wildman–Crippen MR) is 127 cm³/mol. The van der Waals surface area contributed by atoms with E-state index in [-0.39, 0.29) is 24.7 Å². The molecule has 0 fully saturated rings. The number of dihydropyridines is 1. The van der Waals surface area contributed by atoms with Crippen molar-refractivity contribution in [3.05, 3.63) is 115 Å². The van der Waals surface area contributed by atoms with Gasteiger partial charge in [0.2, 0.25) is 5.62 Å². The summed E-state index contributed by atoms with van der Waals surface area (Å²) in [6.07, 6.45) is 5.18. The Bertz CT molecular complexity index is 1430. The third-order valence-electron chi connectivity index (χ3n) is 5.09. The highest BCUT2D eigenvalue weighted by Gasteiger charge is 2.11.